The van der Waals surface area contributed by atoms with E-state index in [4.69, 9.17) is 4.52 Å². The van der Waals surface area contributed by atoms with Gasteiger partial charge in [-0.25, -0.2) is 4.57 Å². The van der Waals surface area contributed by atoms with Crippen molar-refractivity contribution in [3.05, 3.63) is 11.3 Å². The lowest BCUT2D eigenvalue weighted by atomic mass is 9.78. The Morgan fingerprint density at radius 1 is 1.44 bits per heavy atom. The van der Waals surface area contributed by atoms with Gasteiger partial charge >= 0.3 is 7.60 Å². The lowest BCUT2D eigenvalue weighted by Crippen LogP contribution is -2.22. The van der Waals surface area contributed by atoms with Crippen molar-refractivity contribution in [3.8, 4) is 0 Å². The van der Waals surface area contributed by atoms with Crippen LogP contribution in [0.3, 0.4) is 0 Å². The Hall–Kier alpha value is -0.270. The van der Waals surface area contributed by atoms with Gasteiger partial charge in [-0.15, -0.1) is 0 Å². The highest BCUT2D eigenvalue weighted by Gasteiger charge is 2.36. The largest absolute Gasteiger partial charge is 0.428 e. The molecule has 0 saturated carbocycles. The highest BCUT2D eigenvalue weighted by Crippen LogP contribution is 2.54. The Morgan fingerprint density at radius 3 is 2.44 bits per heavy atom. The van der Waals surface area contributed by atoms with Crippen LogP contribution in [0.15, 0.2) is 11.3 Å². The van der Waals surface area contributed by atoms with Gasteiger partial charge < -0.3 is 9.42 Å². The van der Waals surface area contributed by atoms with Crippen molar-refractivity contribution in [1.29, 1.82) is 0 Å². The topological polar surface area (TPSA) is 46.5 Å². The van der Waals surface area contributed by atoms with E-state index in [0.29, 0.717) is 0 Å². The number of allylic oxidation sites excluding steroid dienone is 2. The molecule has 0 aromatic carbocycles. The first kappa shape index (κ1) is 13.8. The van der Waals surface area contributed by atoms with Crippen molar-refractivity contribution in [1.82, 2.24) is 0 Å². The molecule has 1 aliphatic carbocycles. The van der Waals surface area contributed by atoms with Gasteiger partial charge in [0.25, 0.3) is 0 Å². The van der Waals surface area contributed by atoms with Crippen LogP contribution >= 0.6 is 7.60 Å². The maximum atomic E-state index is 11.9. The number of hydrogen-bond donors (Lipinski definition) is 1. The van der Waals surface area contributed by atoms with E-state index in [0.717, 1.165) is 30.6 Å². The van der Waals surface area contributed by atoms with E-state index in [1.807, 2.05) is 6.92 Å². The SMILES string of the molecule is CC1=C(OP(=O)(O)C(C)C)C(C)(C)CCC1. The van der Waals surface area contributed by atoms with Crippen molar-refractivity contribution in [2.75, 3.05) is 0 Å². The molecule has 3 nitrogen and oxygen atoms in total. The molecule has 1 aliphatic rings. The van der Waals surface area contributed by atoms with Gasteiger partial charge in [-0.3, -0.25) is 0 Å². The van der Waals surface area contributed by atoms with Gasteiger partial charge in [0.05, 0.1) is 5.66 Å². The van der Waals surface area contributed by atoms with Gasteiger partial charge in [-0.2, -0.15) is 0 Å². The van der Waals surface area contributed by atoms with Crippen molar-refractivity contribution >= 4 is 7.60 Å². The summed E-state index contributed by atoms with van der Waals surface area (Å²) in [7, 11) is -3.51. The van der Waals surface area contributed by atoms with Crippen LogP contribution in [0.2, 0.25) is 0 Å². The molecule has 0 bridgehead atoms. The molecular formula is C12H23O3P. The van der Waals surface area contributed by atoms with Crippen molar-refractivity contribution in [2.24, 2.45) is 5.41 Å². The Kier molecular flexibility index (Phi) is 3.91. The van der Waals surface area contributed by atoms with Crippen molar-refractivity contribution in [3.63, 3.8) is 0 Å². The molecule has 1 unspecified atom stereocenters. The molecule has 4 heteroatoms. The molecule has 1 rings (SSSR count). The summed E-state index contributed by atoms with van der Waals surface area (Å²) in [5, 5.41) is 0. The van der Waals surface area contributed by atoms with E-state index in [1.165, 1.54) is 0 Å². The summed E-state index contributed by atoms with van der Waals surface area (Å²) in [6.07, 6.45) is 3.11. The molecule has 0 fully saturated rings. The molecule has 1 atom stereocenters. The molecular weight excluding hydrogens is 223 g/mol. The summed E-state index contributed by atoms with van der Waals surface area (Å²) >= 11 is 0. The first-order valence-electron chi connectivity index (χ1n) is 5.89. The van der Waals surface area contributed by atoms with Crippen LogP contribution in [0, 0.1) is 5.41 Å². The predicted octanol–water partition coefficient (Wildman–Crippen LogP) is 4.08. The second-order valence-corrected chi connectivity index (χ2v) is 7.94. The maximum Gasteiger partial charge on any atom is 0.378 e. The molecule has 0 aromatic heterocycles. The van der Waals surface area contributed by atoms with E-state index in [-0.39, 0.29) is 11.1 Å². The van der Waals surface area contributed by atoms with E-state index >= 15 is 0 Å². The zero-order chi connectivity index (χ0) is 12.6. The average molecular weight is 246 g/mol. The Morgan fingerprint density at radius 2 is 2.00 bits per heavy atom. The molecule has 0 aromatic rings. The molecule has 0 radical (unpaired) electrons. The Balaban J connectivity index is 2.99. The molecule has 94 valence electrons. The molecule has 0 saturated heterocycles. The summed E-state index contributed by atoms with van der Waals surface area (Å²) in [6.45, 7) is 9.58. The van der Waals surface area contributed by atoms with Crippen LogP contribution < -0.4 is 0 Å². The minimum atomic E-state index is -3.51. The molecule has 0 heterocycles. The van der Waals surface area contributed by atoms with Gasteiger partial charge in [0.2, 0.25) is 0 Å². The molecule has 16 heavy (non-hydrogen) atoms. The Labute approximate surface area is 98.4 Å². The minimum absolute atomic E-state index is 0.115. The number of rotatable bonds is 3. The van der Waals surface area contributed by atoms with Crippen LogP contribution in [0.4, 0.5) is 0 Å². The molecule has 0 aliphatic heterocycles. The van der Waals surface area contributed by atoms with Gasteiger partial charge in [0, 0.05) is 5.41 Å². The normalized spacial score (nSPS) is 24.4. The smallest absolute Gasteiger partial charge is 0.378 e. The molecule has 0 amide bonds. The third-order valence-electron chi connectivity index (χ3n) is 3.23. The monoisotopic (exact) mass is 246 g/mol. The summed E-state index contributed by atoms with van der Waals surface area (Å²) < 4.78 is 17.4. The molecule has 1 N–H and O–H groups in total. The van der Waals surface area contributed by atoms with Crippen LogP contribution in [0.25, 0.3) is 0 Å². The lowest BCUT2D eigenvalue weighted by Gasteiger charge is -2.35. The molecule has 0 spiro atoms. The summed E-state index contributed by atoms with van der Waals surface area (Å²) in [5.74, 6) is 0.735. The second-order valence-electron chi connectivity index (χ2n) is 5.60. The summed E-state index contributed by atoms with van der Waals surface area (Å²) in [4.78, 5) is 9.79. The minimum Gasteiger partial charge on any atom is -0.428 e. The third kappa shape index (κ3) is 2.89. The standard InChI is InChI=1S/C12H23O3P/c1-9(2)16(13,14)15-11-10(3)7-6-8-12(11,4)5/h9H,6-8H2,1-5H3,(H,13,14). The van der Waals surface area contributed by atoms with Gasteiger partial charge in [0.1, 0.15) is 5.76 Å². The fraction of sp³-hybridized carbons (Fsp3) is 0.833. The number of hydrogen-bond acceptors (Lipinski definition) is 2. The van der Waals surface area contributed by atoms with Crippen molar-refractivity contribution < 1.29 is 14.0 Å². The summed E-state index contributed by atoms with van der Waals surface area (Å²) in [6, 6.07) is 0. The second kappa shape index (κ2) is 4.54. The predicted molar refractivity (Wildman–Crippen MR) is 66.4 cm³/mol. The first-order chi connectivity index (χ1) is 7.17. The van der Waals surface area contributed by atoms with Crippen molar-refractivity contribution in [2.45, 2.75) is 59.5 Å². The van der Waals surface area contributed by atoms with Gasteiger partial charge in [0.15, 0.2) is 0 Å². The van der Waals surface area contributed by atoms with E-state index in [2.05, 4.69) is 13.8 Å². The average Bonchev–Trinajstić information content (AvgIpc) is 2.11. The highest BCUT2D eigenvalue weighted by molar-refractivity contribution is 7.53. The fourth-order valence-electron chi connectivity index (χ4n) is 2.04. The van der Waals surface area contributed by atoms with Gasteiger partial charge in [-0.1, -0.05) is 27.7 Å². The quantitative estimate of drug-likeness (QED) is 0.763. The van der Waals surface area contributed by atoms with Crippen LogP contribution in [-0.2, 0) is 9.09 Å². The van der Waals surface area contributed by atoms with Crippen LogP contribution in [-0.4, -0.2) is 10.6 Å². The summed E-state index contributed by atoms with van der Waals surface area (Å²) in [5.41, 5.74) is 0.645. The first-order valence-corrected chi connectivity index (χ1v) is 7.54. The van der Waals surface area contributed by atoms with Crippen LogP contribution in [0.5, 0.6) is 0 Å². The highest BCUT2D eigenvalue weighted by atomic mass is 31.2. The lowest BCUT2D eigenvalue weighted by molar-refractivity contribution is 0.208. The van der Waals surface area contributed by atoms with E-state index in [9.17, 15) is 9.46 Å². The fourth-order valence-corrected chi connectivity index (χ4v) is 2.91. The third-order valence-corrected chi connectivity index (χ3v) is 4.98. The zero-order valence-electron chi connectivity index (χ0n) is 10.9. The van der Waals surface area contributed by atoms with E-state index in [1.54, 1.807) is 13.8 Å². The van der Waals surface area contributed by atoms with E-state index < -0.39 is 7.60 Å². The van der Waals surface area contributed by atoms with Crippen LogP contribution in [0.1, 0.15) is 53.9 Å². The van der Waals surface area contributed by atoms with Gasteiger partial charge in [-0.05, 0) is 31.8 Å². The Bertz CT molecular complexity index is 342. The zero-order valence-corrected chi connectivity index (χ0v) is 11.8. The maximum absolute atomic E-state index is 11.9.